The van der Waals surface area contributed by atoms with Crippen LogP contribution in [0.2, 0.25) is 0 Å². The molecule has 1 fully saturated rings. The van der Waals surface area contributed by atoms with E-state index in [4.69, 9.17) is 10.5 Å². The largest absolute Gasteiger partial charge is 0.364 e. The standard InChI is InChI=1S/C16H22N2O2/c17-11-13-8-9-15(20-13)16(19)18-10-4-3-6-12-5-1-2-7-14(12)18/h1-2,5,7,13,15H,3-4,6,8-11,17H2/t13-,15+/m1/s1. The maximum Gasteiger partial charge on any atom is 0.256 e. The summed E-state index contributed by atoms with van der Waals surface area (Å²) >= 11 is 0. The molecule has 2 aliphatic heterocycles. The fourth-order valence-electron chi connectivity index (χ4n) is 3.15. The van der Waals surface area contributed by atoms with Crippen molar-refractivity contribution in [3.05, 3.63) is 29.8 Å². The molecule has 20 heavy (non-hydrogen) atoms. The van der Waals surface area contributed by atoms with E-state index in [1.807, 2.05) is 23.1 Å². The van der Waals surface area contributed by atoms with Gasteiger partial charge in [0.2, 0.25) is 0 Å². The van der Waals surface area contributed by atoms with Crippen LogP contribution in [0.5, 0.6) is 0 Å². The zero-order valence-corrected chi connectivity index (χ0v) is 11.8. The molecule has 1 amide bonds. The number of aryl methyl sites for hydroxylation is 1. The second kappa shape index (κ2) is 5.94. The lowest BCUT2D eigenvalue weighted by Crippen LogP contribution is -2.40. The van der Waals surface area contributed by atoms with E-state index in [1.54, 1.807) is 0 Å². The van der Waals surface area contributed by atoms with E-state index in [1.165, 1.54) is 5.56 Å². The van der Waals surface area contributed by atoms with Gasteiger partial charge in [0.25, 0.3) is 5.91 Å². The number of rotatable bonds is 2. The van der Waals surface area contributed by atoms with Crippen molar-refractivity contribution in [1.82, 2.24) is 0 Å². The van der Waals surface area contributed by atoms with E-state index in [0.717, 1.165) is 44.3 Å². The second-order valence-corrected chi connectivity index (χ2v) is 5.64. The highest BCUT2D eigenvalue weighted by Crippen LogP contribution is 2.29. The summed E-state index contributed by atoms with van der Waals surface area (Å²) in [7, 11) is 0. The highest BCUT2D eigenvalue weighted by Gasteiger charge is 2.34. The number of hydrogen-bond acceptors (Lipinski definition) is 3. The summed E-state index contributed by atoms with van der Waals surface area (Å²) in [6.07, 6.45) is 4.66. The number of fused-ring (bicyclic) bond motifs is 1. The molecule has 1 aromatic carbocycles. The Kier molecular flexibility index (Phi) is 4.03. The number of nitrogens with zero attached hydrogens (tertiary/aromatic N) is 1. The maximum absolute atomic E-state index is 12.7. The molecule has 0 aliphatic carbocycles. The van der Waals surface area contributed by atoms with Gasteiger partial charge in [0.15, 0.2) is 0 Å². The van der Waals surface area contributed by atoms with Gasteiger partial charge in [-0.2, -0.15) is 0 Å². The Morgan fingerprint density at radius 2 is 2.15 bits per heavy atom. The predicted octanol–water partition coefficient (Wildman–Crippen LogP) is 1.86. The van der Waals surface area contributed by atoms with Crippen molar-refractivity contribution < 1.29 is 9.53 Å². The van der Waals surface area contributed by atoms with E-state index in [9.17, 15) is 4.79 Å². The van der Waals surface area contributed by atoms with Gasteiger partial charge in [0.05, 0.1) is 6.10 Å². The van der Waals surface area contributed by atoms with E-state index < -0.39 is 0 Å². The summed E-state index contributed by atoms with van der Waals surface area (Å²) in [4.78, 5) is 14.7. The molecule has 2 aliphatic rings. The summed E-state index contributed by atoms with van der Waals surface area (Å²) in [5, 5.41) is 0. The molecule has 4 heteroatoms. The smallest absolute Gasteiger partial charge is 0.256 e. The summed E-state index contributed by atoms with van der Waals surface area (Å²) in [5.74, 6) is 0.107. The van der Waals surface area contributed by atoms with Crippen molar-refractivity contribution >= 4 is 11.6 Å². The number of hydrogen-bond donors (Lipinski definition) is 1. The quantitative estimate of drug-likeness (QED) is 0.895. The van der Waals surface area contributed by atoms with Crippen LogP contribution in [0.15, 0.2) is 24.3 Å². The first-order valence-corrected chi connectivity index (χ1v) is 7.54. The number of carbonyl (C=O) groups excluding carboxylic acids is 1. The minimum absolute atomic E-state index is 0.0474. The van der Waals surface area contributed by atoms with Crippen molar-refractivity contribution in [3.63, 3.8) is 0 Å². The van der Waals surface area contributed by atoms with Crippen LogP contribution < -0.4 is 10.6 Å². The molecule has 0 radical (unpaired) electrons. The lowest BCUT2D eigenvalue weighted by molar-refractivity contribution is -0.129. The van der Waals surface area contributed by atoms with Crippen molar-refractivity contribution in [2.24, 2.45) is 5.73 Å². The van der Waals surface area contributed by atoms with E-state index >= 15 is 0 Å². The van der Waals surface area contributed by atoms with Crippen molar-refractivity contribution in [2.75, 3.05) is 18.0 Å². The molecule has 2 atom stereocenters. The first kappa shape index (κ1) is 13.6. The van der Waals surface area contributed by atoms with E-state index in [0.29, 0.717) is 6.54 Å². The minimum atomic E-state index is -0.310. The third-order valence-electron chi connectivity index (χ3n) is 4.27. The van der Waals surface area contributed by atoms with Gasteiger partial charge in [-0.1, -0.05) is 18.2 Å². The summed E-state index contributed by atoms with van der Waals surface area (Å²) in [6.45, 7) is 1.30. The molecular formula is C16H22N2O2. The molecule has 3 rings (SSSR count). The van der Waals surface area contributed by atoms with Gasteiger partial charge < -0.3 is 15.4 Å². The highest BCUT2D eigenvalue weighted by molar-refractivity contribution is 5.97. The Morgan fingerprint density at radius 1 is 1.30 bits per heavy atom. The van der Waals surface area contributed by atoms with Crippen LogP contribution in [-0.2, 0) is 16.0 Å². The first-order valence-electron chi connectivity index (χ1n) is 7.54. The molecule has 108 valence electrons. The topological polar surface area (TPSA) is 55.6 Å². The molecule has 0 aromatic heterocycles. The zero-order valence-electron chi connectivity index (χ0n) is 11.8. The SMILES string of the molecule is NC[C@H]1CC[C@@H](C(=O)N2CCCCc3ccccc32)O1. The molecule has 0 saturated carbocycles. The third kappa shape index (κ3) is 2.58. The van der Waals surface area contributed by atoms with Gasteiger partial charge in [-0.3, -0.25) is 4.79 Å². The number of benzene rings is 1. The Balaban J connectivity index is 1.81. The number of para-hydroxylation sites is 1. The van der Waals surface area contributed by atoms with Gasteiger partial charge >= 0.3 is 0 Å². The van der Waals surface area contributed by atoms with Crippen LogP contribution in [0.1, 0.15) is 31.2 Å². The first-order chi connectivity index (χ1) is 9.79. The molecule has 0 bridgehead atoms. The van der Waals surface area contributed by atoms with Crippen LogP contribution in [0.25, 0.3) is 0 Å². The average molecular weight is 274 g/mol. The Morgan fingerprint density at radius 3 is 2.95 bits per heavy atom. The monoisotopic (exact) mass is 274 g/mol. The zero-order chi connectivity index (χ0) is 13.9. The summed E-state index contributed by atoms with van der Waals surface area (Å²) in [5.41, 5.74) is 7.96. The van der Waals surface area contributed by atoms with Gasteiger partial charge in [-0.05, 0) is 43.7 Å². The van der Waals surface area contributed by atoms with Crippen LogP contribution in [-0.4, -0.2) is 31.2 Å². The van der Waals surface area contributed by atoms with Gasteiger partial charge in [0.1, 0.15) is 6.10 Å². The highest BCUT2D eigenvalue weighted by atomic mass is 16.5. The van der Waals surface area contributed by atoms with E-state index in [-0.39, 0.29) is 18.1 Å². The molecule has 0 spiro atoms. The summed E-state index contributed by atoms with van der Waals surface area (Å²) in [6, 6.07) is 8.22. The maximum atomic E-state index is 12.7. The van der Waals surface area contributed by atoms with Crippen LogP contribution in [0.3, 0.4) is 0 Å². The fourth-order valence-corrected chi connectivity index (χ4v) is 3.15. The van der Waals surface area contributed by atoms with Crippen LogP contribution in [0, 0.1) is 0 Å². The van der Waals surface area contributed by atoms with Gasteiger partial charge in [-0.15, -0.1) is 0 Å². The van der Waals surface area contributed by atoms with Gasteiger partial charge in [0, 0.05) is 18.8 Å². The molecule has 0 unspecified atom stereocenters. The lowest BCUT2D eigenvalue weighted by atomic mass is 10.1. The van der Waals surface area contributed by atoms with Crippen molar-refractivity contribution in [1.29, 1.82) is 0 Å². The lowest BCUT2D eigenvalue weighted by Gasteiger charge is -2.25. The summed E-state index contributed by atoms with van der Waals surface area (Å²) < 4.78 is 5.77. The normalized spacial score (nSPS) is 26.1. The Hall–Kier alpha value is -1.39. The molecular weight excluding hydrogens is 252 g/mol. The minimum Gasteiger partial charge on any atom is -0.364 e. The Labute approximate surface area is 119 Å². The number of amides is 1. The average Bonchev–Trinajstić information content (AvgIpc) is 2.86. The van der Waals surface area contributed by atoms with Gasteiger partial charge in [-0.25, -0.2) is 0 Å². The number of ether oxygens (including phenoxy) is 1. The molecule has 2 N–H and O–H groups in total. The number of nitrogens with two attached hydrogens (primary N) is 1. The Bertz CT molecular complexity index is 489. The van der Waals surface area contributed by atoms with Crippen molar-refractivity contribution in [3.8, 4) is 0 Å². The van der Waals surface area contributed by atoms with Crippen LogP contribution in [0.4, 0.5) is 5.69 Å². The molecule has 4 nitrogen and oxygen atoms in total. The van der Waals surface area contributed by atoms with Crippen LogP contribution >= 0.6 is 0 Å². The van der Waals surface area contributed by atoms with Crippen molar-refractivity contribution in [2.45, 2.75) is 44.3 Å². The third-order valence-corrected chi connectivity index (χ3v) is 4.27. The van der Waals surface area contributed by atoms with E-state index in [2.05, 4.69) is 6.07 Å². The predicted molar refractivity (Wildman–Crippen MR) is 78.7 cm³/mol. The molecule has 1 saturated heterocycles. The fraction of sp³-hybridized carbons (Fsp3) is 0.562. The second-order valence-electron chi connectivity index (χ2n) is 5.64. The number of carbonyl (C=O) groups is 1. The molecule has 1 aromatic rings. The number of anilines is 1. The molecule has 2 heterocycles.